The van der Waals surface area contributed by atoms with Crippen molar-refractivity contribution in [1.82, 2.24) is 5.48 Å². The van der Waals surface area contributed by atoms with Gasteiger partial charge in [-0.3, -0.25) is 11.2 Å². The first kappa shape index (κ1) is 9.42. The van der Waals surface area contributed by atoms with Crippen LogP contribution in [-0.2, 0) is 14.5 Å². The molecule has 0 aromatic carbocycles. The summed E-state index contributed by atoms with van der Waals surface area (Å²) in [6, 6.07) is 0. The standard InChI is InChI=1S/C5H8N4O4/c1-12-9-3(4(10)11)5(6)7-2-8-13-5/h2H,6H2,1H3,(H,7,8)(H,10,11)/b9-3+. The Hall–Kier alpha value is -1.67. The summed E-state index contributed by atoms with van der Waals surface area (Å²) in [5.41, 5.74) is 7.06. The minimum absolute atomic E-state index is 0.545. The molecule has 0 fully saturated rings. The van der Waals surface area contributed by atoms with Gasteiger partial charge in [0.05, 0.1) is 0 Å². The largest absolute Gasteiger partial charge is 0.476 e. The van der Waals surface area contributed by atoms with Crippen LogP contribution in [0.4, 0.5) is 0 Å². The topological polar surface area (TPSA) is 119 Å². The van der Waals surface area contributed by atoms with Crippen molar-refractivity contribution in [2.24, 2.45) is 15.9 Å². The molecule has 0 spiro atoms. The molecule has 1 aliphatic rings. The number of hydrogen-bond acceptors (Lipinski definition) is 7. The maximum Gasteiger partial charge on any atom is 0.360 e. The Bertz CT molecular complexity index is 276. The van der Waals surface area contributed by atoms with E-state index in [0.29, 0.717) is 0 Å². The first-order valence-electron chi connectivity index (χ1n) is 3.21. The fourth-order valence-electron chi connectivity index (χ4n) is 0.723. The van der Waals surface area contributed by atoms with Crippen LogP contribution in [0, 0.1) is 0 Å². The molecule has 0 bridgehead atoms. The summed E-state index contributed by atoms with van der Waals surface area (Å²) in [6.45, 7) is 0. The number of nitrogens with two attached hydrogens (primary N) is 1. The third-order valence-corrected chi connectivity index (χ3v) is 1.25. The Kier molecular flexibility index (Phi) is 2.44. The van der Waals surface area contributed by atoms with Gasteiger partial charge in [0.15, 0.2) is 0 Å². The Morgan fingerprint density at radius 1 is 1.92 bits per heavy atom. The van der Waals surface area contributed by atoms with Crippen molar-refractivity contribution in [3.8, 4) is 0 Å². The van der Waals surface area contributed by atoms with Gasteiger partial charge in [0.25, 0.3) is 5.85 Å². The second kappa shape index (κ2) is 3.37. The molecule has 4 N–H and O–H groups in total. The van der Waals surface area contributed by atoms with Crippen LogP contribution in [0.25, 0.3) is 0 Å². The van der Waals surface area contributed by atoms with Crippen LogP contribution in [0.3, 0.4) is 0 Å². The monoisotopic (exact) mass is 188 g/mol. The molecule has 1 unspecified atom stereocenters. The van der Waals surface area contributed by atoms with Crippen LogP contribution >= 0.6 is 0 Å². The zero-order valence-electron chi connectivity index (χ0n) is 6.72. The second-order valence-corrected chi connectivity index (χ2v) is 2.10. The van der Waals surface area contributed by atoms with Gasteiger partial charge in [0, 0.05) is 0 Å². The Balaban J connectivity index is 2.93. The molecule has 0 aromatic heterocycles. The molecule has 1 rings (SSSR count). The Morgan fingerprint density at radius 2 is 2.62 bits per heavy atom. The average molecular weight is 188 g/mol. The molecule has 13 heavy (non-hydrogen) atoms. The summed E-state index contributed by atoms with van der Waals surface area (Å²) < 4.78 is 0. The van der Waals surface area contributed by atoms with Gasteiger partial charge in [0.2, 0.25) is 5.71 Å². The van der Waals surface area contributed by atoms with Crippen LogP contribution in [0.1, 0.15) is 0 Å². The summed E-state index contributed by atoms with van der Waals surface area (Å²) in [5, 5.41) is 11.8. The number of aliphatic carboxylic acids is 1. The predicted molar refractivity (Wildman–Crippen MR) is 41.7 cm³/mol. The molecule has 0 radical (unpaired) electrons. The molecular weight excluding hydrogens is 180 g/mol. The summed E-state index contributed by atoms with van der Waals surface area (Å²) in [5.74, 6) is -3.20. The fraction of sp³-hybridized carbons (Fsp3) is 0.400. The average Bonchev–Trinajstić information content (AvgIpc) is 2.48. The van der Waals surface area contributed by atoms with E-state index in [9.17, 15) is 4.79 Å². The highest BCUT2D eigenvalue weighted by Crippen LogP contribution is 2.10. The van der Waals surface area contributed by atoms with Crippen molar-refractivity contribution in [3.05, 3.63) is 0 Å². The van der Waals surface area contributed by atoms with E-state index >= 15 is 0 Å². The second-order valence-electron chi connectivity index (χ2n) is 2.10. The highest BCUT2D eigenvalue weighted by molar-refractivity contribution is 6.38. The Morgan fingerprint density at radius 3 is 3.00 bits per heavy atom. The minimum atomic E-state index is -1.83. The lowest BCUT2D eigenvalue weighted by atomic mass is 10.2. The predicted octanol–water partition coefficient (Wildman–Crippen LogP) is -1.75. The maximum absolute atomic E-state index is 10.6. The highest BCUT2D eigenvalue weighted by atomic mass is 16.7. The number of carboxylic acid groups (broad SMARTS) is 1. The van der Waals surface area contributed by atoms with Gasteiger partial charge in [0.1, 0.15) is 13.4 Å². The molecule has 1 heterocycles. The molecular formula is C5H8N4O4. The van der Waals surface area contributed by atoms with E-state index in [0.717, 1.165) is 6.34 Å². The molecule has 0 saturated heterocycles. The van der Waals surface area contributed by atoms with Gasteiger partial charge in [-0.05, 0) is 0 Å². The van der Waals surface area contributed by atoms with Crippen molar-refractivity contribution in [2.45, 2.75) is 5.85 Å². The molecule has 8 heteroatoms. The SMILES string of the molecule is CO/N=C(\C(=O)O)C1(N)N=CNO1. The molecule has 1 aliphatic heterocycles. The van der Waals surface area contributed by atoms with Crippen molar-refractivity contribution in [2.75, 3.05) is 7.11 Å². The van der Waals surface area contributed by atoms with Gasteiger partial charge in [-0.15, -0.1) is 0 Å². The number of hydroxylamine groups is 1. The van der Waals surface area contributed by atoms with E-state index in [4.69, 9.17) is 10.8 Å². The number of oxime groups is 1. The third-order valence-electron chi connectivity index (χ3n) is 1.25. The third kappa shape index (κ3) is 1.73. The van der Waals surface area contributed by atoms with Crippen molar-refractivity contribution >= 4 is 18.0 Å². The summed E-state index contributed by atoms with van der Waals surface area (Å²) in [7, 11) is 1.19. The Labute approximate surface area is 73.0 Å². The van der Waals surface area contributed by atoms with E-state index in [1.54, 1.807) is 0 Å². The van der Waals surface area contributed by atoms with Crippen molar-refractivity contribution in [3.63, 3.8) is 0 Å². The molecule has 8 nitrogen and oxygen atoms in total. The summed E-state index contributed by atoms with van der Waals surface area (Å²) in [4.78, 5) is 23.1. The number of aliphatic imine (C=N–C) groups is 1. The molecule has 0 saturated carbocycles. The number of carbonyl (C=O) groups is 1. The first-order valence-corrected chi connectivity index (χ1v) is 3.21. The van der Waals surface area contributed by atoms with Gasteiger partial charge >= 0.3 is 5.97 Å². The molecule has 0 aliphatic carbocycles. The van der Waals surface area contributed by atoms with Gasteiger partial charge in [-0.1, -0.05) is 5.16 Å². The number of nitrogens with zero attached hydrogens (tertiary/aromatic N) is 2. The van der Waals surface area contributed by atoms with Crippen LogP contribution in [0.5, 0.6) is 0 Å². The molecule has 0 amide bonds. The number of rotatable bonds is 3. The van der Waals surface area contributed by atoms with E-state index in [2.05, 4.69) is 25.3 Å². The highest BCUT2D eigenvalue weighted by Gasteiger charge is 2.41. The van der Waals surface area contributed by atoms with E-state index in [1.165, 1.54) is 7.11 Å². The van der Waals surface area contributed by atoms with Gasteiger partial charge in [-0.25, -0.2) is 14.6 Å². The van der Waals surface area contributed by atoms with E-state index in [-0.39, 0.29) is 0 Å². The smallest absolute Gasteiger partial charge is 0.360 e. The zero-order valence-corrected chi connectivity index (χ0v) is 6.72. The molecule has 72 valence electrons. The van der Waals surface area contributed by atoms with E-state index in [1.807, 2.05) is 0 Å². The van der Waals surface area contributed by atoms with Crippen LogP contribution in [-0.4, -0.2) is 36.1 Å². The number of nitrogens with one attached hydrogen (secondary N) is 1. The van der Waals surface area contributed by atoms with Crippen molar-refractivity contribution < 1.29 is 19.6 Å². The summed E-state index contributed by atoms with van der Waals surface area (Å²) >= 11 is 0. The quantitative estimate of drug-likeness (QED) is 0.357. The number of carboxylic acids is 1. The first-order chi connectivity index (χ1) is 6.10. The maximum atomic E-state index is 10.6. The lowest BCUT2D eigenvalue weighted by Crippen LogP contribution is -2.51. The lowest BCUT2D eigenvalue weighted by Gasteiger charge is -2.16. The van der Waals surface area contributed by atoms with Gasteiger partial charge < -0.3 is 9.94 Å². The van der Waals surface area contributed by atoms with Gasteiger partial charge in [-0.2, -0.15) is 0 Å². The molecule has 0 aromatic rings. The van der Waals surface area contributed by atoms with Crippen LogP contribution < -0.4 is 11.2 Å². The van der Waals surface area contributed by atoms with Crippen LogP contribution in [0.15, 0.2) is 10.1 Å². The minimum Gasteiger partial charge on any atom is -0.476 e. The zero-order chi connectivity index (χ0) is 9.90. The van der Waals surface area contributed by atoms with E-state index < -0.39 is 17.5 Å². The fourth-order valence-corrected chi connectivity index (χ4v) is 0.723. The number of hydrogen-bond donors (Lipinski definition) is 3. The lowest BCUT2D eigenvalue weighted by molar-refractivity contribution is -0.131. The normalized spacial score (nSPS) is 27.1. The summed E-state index contributed by atoms with van der Waals surface area (Å²) in [6.07, 6.45) is 1.12. The van der Waals surface area contributed by atoms with Crippen molar-refractivity contribution in [1.29, 1.82) is 0 Å². The molecule has 1 atom stereocenters. The van der Waals surface area contributed by atoms with Crippen LogP contribution in [0.2, 0.25) is 0 Å².